The van der Waals surface area contributed by atoms with Gasteiger partial charge in [-0.3, -0.25) is 19.1 Å². The van der Waals surface area contributed by atoms with Gasteiger partial charge in [0.15, 0.2) is 5.78 Å². The van der Waals surface area contributed by atoms with Gasteiger partial charge in [-0.25, -0.2) is 18.0 Å². The fourth-order valence-electron chi connectivity index (χ4n) is 6.28. The minimum Gasteiger partial charge on any atom is -0.463 e. The van der Waals surface area contributed by atoms with Crippen LogP contribution in [-0.2, 0) is 21.0 Å². The predicted molar refractivity (Wildman–Crippen MR) is 172 cm³/mol. The molecule has 8 rings (SSSR count). The summed E-state index contributed by atoms with van der Waals surface area (Å²) in [4.78, 5) is 47.3. The molecule has 2 N–H and O–H groups in total. The lowest BCUT2D eigenvalue weighted by Crippen LogP contribution is -2.37. The van der Waals surface area contributed by atoms with Crippen molar-refractivity contribution >= 4 is 65.1 Å². The molecule has 1 amide bonds. The highest BCUT2D eigenvalue weighted by molar-refractivity contribution is 8.00. The first-order valence-electron chi connectivity index (χ1n) is 15.2. The number of fused-ring (bicyclic) bond motifs is 4. The molecule has 0 bridgehead atoms. The zero-order chi connectivity index (χ0) is 31.7. The molecule has 1 unspecified atom stereocenters. The summed E-state index contributed by atoms with van der Waals surface area (Å²) >= 11 is 0. The van der Waals surface area contributed by atoms with E-state index >= 15 is 8.78 Å². The minimum atomic E-state index is -2.94. The number of hydrogen-bond donors (Lipinski definition) is 2. The third kappa shape index (κ3) is 4.79. The van der Waals surface area contributed by atoms with E-state index in [0.717, 1.165) is 18.9 Å². The Kier molecular flexibility index (Phi) is 6.61. The molecular weight excluding hydrogens is 614 g/mol. The van der Waals surface area contributed by atoms with Crippen molar-refractivity contribution in [1.29, 1.82) is 0 Å². The van der Waals surface area contributed by atoms with Crippen molar-refractivity contribution in [3.8, 4) is 0 Å². The Labute approximate surface area is 261 Å². The molecule has 0 radical (unpaired) electrons. The molecule has 2 aromatic carbocycles. The van der Waals surface area contributed by atoms with Crippen molar-refractivity contribution in [2.24, 2.45) is 5.92 Å². The van der Waals surface area contributed by atoms with E-state index in [1.54, 1.807) is 17.5 Å². The summed E-state index contributed by atoms with van der Waals surface area (Å²) < 4.78 is 55.6. The van der Waals surface area contributed by atoms with Gasteiger partial charge in [0.1, 0.15) is 22.9 Å². The number of H-pyrrole nitrogens is 1. The van der Waals surface area contributed by atoms with E-state index in [-0.39, 0.29) is 79.7 Å². The number of nitrogens with zero attached hydrogens (tertiary/aromatic N) is 2. The molecular formula is C34H28F2N4O5S. The smallest absolute Gasteiger partial charge is 0.279 e. The highest BCUT2D eigenvalue weighted by Crippen LogP contribution is 2.41. The Morgan fingerprint density at radius 2 is 1.96 bits per heavy atom. The number of furan rings is 1. The largest absolute Gasteiger partial charge is 0.463 e. The average Bonchev–Trinajstić information content (AvgIpc) is 3.95. The number of allylic oxidation sites excluding steroid dienone is 4. The fraction of sp³-hybridized carbons (Fsp3) is 0.265. The number of hydrogen-bond acceptors (Lipinski definition) is 6. The third-order valence-corrected chi connectivity index (χ3v) is 11.6. The zero-order valence-corrected chi connectivity index (χ0v) is 25.3. The van der Waals surface area contributed by atoms with Gasteiger partial charge < -0.3 is 14.0 Å². The molecule has 1 atom stereocenters. The molecule has 2 saturated carbocycles. The number of ketones is 1. The van der Waals surface area contributed by atoms with Gasteiger partial charge in [0, 0.05) is 34.4 Å². The first-order valence-corrected chi connectivity index (χ1v) is 16.9. The summed E-state index contributed by atoms with van der Waals surface area (Å²) in [5.41, 5.74) is 0.292. The van der Waals surface area contributed by atoms with Crippen LogP contribution in [0.5, 0.6) is 0 Å². The van der Waals surface area contributed by atoms with Crippen LogP contribution < -0.4 is 10.3 Å². The molecule has 5 aromatic rings. The van der Waals surface area contributed by atoms with Gasteiger partial charge in [0.2, 0.25) is 0 Å². The number of amides is 1. The van der Waals surface area contributed by atoms with E-state index in [0.29, 0.717) is 24.6 Å². The number of nitrogens with one attached hydrogen (secondary N) is 2. The molecule has 234 valence electrons. The number of carbonyl (C=O) groups excluding carboxylic acids is 2. The highest BCUT2D eigenvalue weighted by Gasteiger charge is 2.38. The second kappa shape index (κ2) is 10.6. The number of aromatic amines is 1. The maximum atomic E-state index is 15.7. The molecule has 0 spiro atoms. The van der Waals surface area contributed by atoms with E-state index in [1.165, 1.54) is 35.4 Å². The van der Waals surface area contributed by atoms with Crippen molar-refractivity contribution in [2.75, 3.05) is 0 Å². The summed E-state index contributed by atoms with van der Waals surface area (Å²) in [5.74, 6) is -2.17. The zero-order valence-electron chi connectivity index (χ0n) is 24.5. The number of carbonyl (C=O) groups is 2. The van der Waals surface area contributed by atoms with Crippen molar-refractivity contribution in [2.45, 2.75) is 50.3 Å². The van der Waals surface area contributed by atoms with E-state index in [2.05, 4.69) is 14.7 Å². The van der Waals surface area contributed by atoms with Crippen LogP contribution in [0.1, 0.15) is 60.1 Å². The molecule has 3 aliphatic carbocycles. The van der Waals surface area contributed by atoms with E-state index in [1.807, 2.05) is 6.08 Å². The monoisotopic (exact) mass is 642 g/mol. The molecule has 0 aliphatic heterocycles. The topological polar surface area (TPSA) is 127 Å². The SMILES string of the molecule is O=C1CCC=CC=C1c1c(C(=O)NS(=O)(=CC2CC2)C2CC2)n(Cc2cc3c(=O)[nH]cnc3cc2F)c2cc(F)c3ccoc3c12. The van der Waals surface area contributed by atoms with Crippen LogP contribution in [0.2, 0.25) is 0 Å². The summed E-state index contributed by atoms with van der Waals surface area (Å²) in [6.07, 6.45) is 11.5. The molecule has 46 heavy (non-hydrogen) atoms. The number of Topliss-reactive ketones (excluding diaryl/α,β-unsaturated/α-hetero) is 1. The highest BCUT2D eigenvalue weighted by atomic mass is 32.2. The second-order valence-electron chi connectivity index (χ2n) is 12.1. The molecule has 0 saturated heterocycles. The standard InChI is InChI=1S/C34H28F2N4O5S/c35-24-13-26-23(33(42)38-17-37-26)12-19(24)15-40-27-14-25(36)21-10-11-45-32(21)30(27)29(22-4-2-1-3-5-28(22)41)31(40)34(43)39-46(44,20-8-9-20)16-18-6-7-18/h1-2,4,10-14,16-18,20H,3,5-9,15H2,(H,37,38,42)(H,39,43,44). The van der Waals surface area contributed by atoms with Crippen molar-refractivity contribution in [3.05, 3.63) is 93.9 Å². The maximum Gasteiger partial charge on any atom is 0.279 e. The van der Waals surface area contributed by atoms with Crippen molar-refractivity contribution < 1.29 is 27.0 Å². The number of halogens is 2. The van der Waals surface area contributed by atoms with Crippen LogP contribution in [0, 0.1) is 17.6 Å². The average molecular weight is 643 g/mol. The lowest BCUT2D eigenvalue weighted by molar-refractivity contribution is -0.113. The Hall–Kier alpha value is -4.84. The van der Waals surface area contributed by atoms with Crippen LogP contribution in [0.4, 0.5) is 8.78 Å². The predicted octanol–water partition coefficient (Wildman–Crippen LogP) is 5.56. The first-order chi connectivity index (χ1) is 22.2. The van der Waals surface area contributed by atoms with Gasteiger partial charge in [0.05, 0.1) is 56.0 Å². The normalized spacial score (nSPS) is 18.1. The van der Waals surface area contributed by atoms with E-state index < -0.39 is 32.8 Å². The van der Waals surface area contributed by atoms with Crippen LogP contribution in [0.25, 0.3) is 38.3 Å². The molecule has 9 nitrogen and oxygen atoms in total. The van der Waals surface area contributed by atoms with E-state index in [9.17, 15) is 18.6 Å². The summed E-state index contributed by atoms with van der Waals surface area (Å²) in [6, 6.07) is 5.16. The van der Waals surface area contributed by atoms with E-state index in [4.69, 9.17) is 4.42 Å². The quantitative estimate of drug-likeness (QED) is 0.224. The van der Waals surface area contributed by atoms with Crippen LogP contribution in [0.3, 0.4) is 0 Å². The number of aromatic nitrogens is 3. The number of benzene rings is 2. The van der Waals surface area contributed by atoms with Crippen LogP contribution in [-0.4, -0.2) is 41.1 Å². The third-order valence-electron chi connectivity index (χ3n) is 8.86. The lowest BCUT2D eigenvalue weighted by Gasteiger charge is -2.17. The Morgan fingerprint density at radius 3 is 2.74 bits per heavy atom. The molecule has 3 heterocycles. The summed E-state index contributed by atoms with van der Waals surface area (Å²) in [5, 5.41) is 2.12. The number of rotatable bonds is 7. The maximum absolute atomic E-state index is 15.7. The Bertz CT molecular complexity index is 2380. The summed E-state index contributed by atoms with van der Waals surface area (Å²) in [6.45, 7) is -0.324. The van der Waals surface area contributed by atoms with Crippen LogP contribution in [0.15, 0.2) is 64.3 Å². The lowest BCUT2D eigenvalue weighted by atomic mass is 9.95. The van der Waals surface area contributed by atoms with Gasteiger partial charge in [-0.1, -0.05) is 18.2 Å². The molecule has 2 fully saturated rings. The first kappa shape index (κ1) is 28.6. The molecule has 3 aliphatic rings. The van der Waals surface area contributed by atoms with Gasteiger partial charge in [-0.2, -0.15) is 0 Å². The van der Waals surface area contributed by atoms with Gasteiger partial charge >= 0.3 is 0 Å². The summed E-state index contributed by atoms with van der Waals surface area (Å²) in [7, 11) is -2.94. The van der Waals surface area contributed by atoms with Gasteiger partial charge in [-0.15, -0.1) is 0 Å². The Balaban J connectivity index is 1.43. The van der Waals surface area contributed by atoms with Gasteiger partial charge in [0.25, 0.3) is 11.5 Å². The Morgan fingerprint density at radius 1 is 1.13 bits per heavy atom. The minimum absolute atomic E-state index is 0.0250. The van der Waals surface area contributed by atoms with Crippen molar-refractivity contribution in [3.63, 3.8) is 0 Å². The van der Waals surface area contributed by atoms with Crippen LogP contribution >= 0.6 is 0 Å². The fourth-order valence-corrected chi connectivity index (χ4v) is 8.80. The van der Waals surface area contributed by atoms with Gasteiger partial charge in [-0.05, 0) is 61.6 Å². The second-order valence-corrected chi connectivity index (χ2v) is 14.6. The molecule has 3 aromatic heterocycles. The van der Waals surface area contributed by atoms with Crippen molar-refractivity contribution in [1.82, 2.24) is 19.3 Å². The molecule has 12 heteroatoms.